The van der Waals surface area contributed by atoms with Gasteiger partial charge in [0.25, 0.3) is 5.89 Å². The lowest BCUT2D eigenvalue weighted by Gasteiger charge is -2.33. The molecule has 0 saturated heterocycles. The molecule has 2 N–H and O–H groups in total. The van der Waals surface area contributed by atoms with E-state index in [1.165, 1.54) is 0 Å². The maximum absolute atomic E-state index is 14.0. The van der Waals surface area contributed by atoms with Crippen LogP contribution in [-0.4, -0.2) is 33.4 Å². The van der Waals surface area contributed by atoms with Crippen LogP contribution < -0.4 is 5.32 Å². The number of alkyl halides is 3. The predicted octanol–water partition coefficient (Wildman–Crippen LogP) is 6.49. The number of carboxylic acids is 1. The average molecular weight is 514 g/mol. The molecule has 3 atom stereocenters. The molecule has 0 amide bonds. The number of allylic oxidation sites excluding steroid dienone is 8. The third-order valence-corrected chi connectivity index (χ3v) is 6.90. The van der Waals surface area contributed by atoms with Gasteiger partial charge in [0.05, 0.1) is 0 Å². The molecule has 2 aliphatic rings. The molecule has 0 aliphatic heterocycles. The highest BCUT2D eigenvalue weighted by molar-refractivity contribution is 5.73. The summed E-state index contributed by atoms with van der Waals surface area (Å²) in [7, 11) is 0. The van der Waals surface area contributed by atoms with Crippen LogP contribution in [0.25, 0.3) is 17.0 Å². The van der Waals surface area contributed by atoms with Gasteiger partial charge in [-0.2, -0.15) is 18.2 Å². The van der Waals surface area contributed by atoms with E-state index >= 15 is 0 Å². The lowest BCUT2D eigenvalue weighted by atomic mass is 9.73. The third-order valence-electron chi connectivity index (χ3n) is 6.90. The summed E-state index contributed by atoms with van der Waals surface area (Å²) in [6.45, 7) is 4.20. The zero-order chi connectivity index (χ0) is 26.6. The highest BCUT2D eigenvalue weighted by Gasteiger charge is 2.43. The number of aromatic nitrogens is 2. The third kappa shape index (κ3) is 6.28. The van der Waals surface area contributed by atoms with E-state index in [2.05, 4.69) is 15.5 Å². The fraction of sp³-hybridized carbons (Fsp3) is 0.393. The molecule has 3 unspecified atom stereocenters. The number of nitrogens with zero attached hydrogens (tertiary/aromatic N) is 2. The van der Waals surface area contributed by atoms with E-state index in [0.717, 1.165) is 23.6 Å². The van der Waals surface area contributed by atoms with Gasteiger partial charge in [0.2, 0.25) is 5.82 Å². The van der Waals surface area contributed by atoms with Crippen molar-refractivity contribution in [1.82, 2.24) is 15.5 Å². The van der Waals surface area contributed by atoms with E-state index in [0.29, 0.717) is 24.9 Å². The fourth-order valence-electron chi connectivity index (χ4n) is 4.84. The molecule has 9 heteroatoms. The van der Waals surface area contributed by atoms with Gasteiger partial charge in [-0.3, -0.25) is 4.79 Å². The highest BCUT2D eigenvalue weighted by Crippen LogP contribution is 2.45. The first-order chi connectivity index (χ1) is 17.7. The summed E-state index contributed by atoms with van der Waals surface area (Å²) in [6.07, 6.45) is 6.20. The molecule has 1 aromatic carbocycles. The van der Waals surface area contributed by atoms with Crippen LogP contribution in [0.2, 0.25) is 0 Å². The summed E-state index contributed by atoms with van der Waals surface area (Å²) in [6, 6.07) is 6.58. The largest absolute Gasteiger partial charge is 0.480 e. The molecular formula is C28H30F3N3O3. The number of halogens is 3. The first-order valence-corrected chi connectivity index (χ1v) is 12.4. The molecule has 0 spiro atoms. The Morgan fingerprint density at radius 1 is 1.22 bits per heavy atom. The number of hydrogen-bond donors (Lipinski definition) is 2. The molecule has 0 saturated carbocycles. The van der Waals surface area contributed by atoms with Gasteiger partial charge in [-0.05, 0) is 49.7 Å². The Labute approximate surface area is 213 Å². The van der Waals surface area contributed by atoms with E-state index in [1.807, 2.05) is 44.2 Å². The van der Waals surface area contributed by atoms with Gasteiger partial charge >= 0.3 is 12.1 Å². The fourth-order valence-corrected chi connectivity index (χ4v) is 4.84. The molecule has 37 heavy (non-hydrogen) atoms. The lowest BCUT2D eigenvalue weighted by molar-refractivity contribution is -0.139. The van der Waals surface area contributed by atoms with Crippen LogP contribution >= 0.6 is 0 Å². The van der Waals surface area contributed by atoms with E-state index in [4.69, 9.17) is 4.52 Å². The summed E-state index contributed by atoms with van der Waals surface area (Å²) >= 11 is 0. The number of rotatable bonds is 9. The van der Waals surface area contributed by atoms with Crippen molar-refractivity contribution in [3.8, 4) is 11.4 Å². The Kier molecular flexibility index (Phi) is 8.12. The summed E-state index contributed by atoms with van der Waals surface area (Å²) in [5.74, 6) is -1.43. The van der Waals surface area contributed by atoms with Crippen LogP contribution in [-0.2, 0) is 11.3 Å². The van der Waals surface area contributed by atoms with Gasteiger partial charge in [0.1, 0.15) is 6.04 Å². The lowest BCUT2D eigenvalue weighted by Crippen LogP contribution is -2.35. The number of nitrogens with one attached hydrogen (secondary N) is 1. The highest BCUT2D eigenvalue weighted by atomic mass is 19.4. The summed E-state index contributed by atoms with van der Waals surface area (Å²) in [5.41, 5.74) is 2.17. The van der Waals surface area contributed by atoms with E-state index < -0.39 is 29.7 Å². The minimum absolute atomic E-state index is 0.0422. The van der Waals surface area contributed by atoms with Crippen molar-refractivity contribution in [3.63, 3.8) is 0 Å². The number of hydrogen-bond acceptors (Lipinski definition) is 5. The molecule has 6 nitrogen and oxygen atoms in total. The summed E-state index contributed by atoms with van der Waals surface area (Å²) in [4.78, 5) is 15.7. The van der Waals surface area contributed by atoms with Gasteiger partial charge in [-0.1, -0.05) is 72.6 Å². The molecule has 1 heterocycles. The number of carbonyl (C=O) groups is 1. The molecule has 0 bridgehead atoms. The quantitative estimate of drug-likeness (QED) is 0.398. The van der Waals surface area contributed by atoms with Crippen molar-refractivity contribution in [1.29, 1.82) is 0 Å². The monoisotopic (exact) mass is 513 g/mol. The standard InChI is InChI=1S/C28H30F3N3O3/c1-3-6-24(27(35)36)32-16-18-9-11-19(12-10-18)25-33-26(37-34-25)20-13-14-22(23(15-20)28(29,30)31)21-8-5-4-7-17(21)2/h4-5,7,9-13,15,21-22,24,32H,3,6,8,14,16H2,1-2H3,(H,35,36). The summed E-state index contributed by atoms with van der Waals surface area (Å²) in [5, 5.41) is 16.3. The van der Waals surface area contributed by atoms with Gasteiger partial charge in [-0.25, -0.2) is 0 Å². The van der Waals surface area contributed by atoms with E-state index in [1.54, 1.807) is 18.2 Å². The molecule has 2 aliphatic carbocycles. The first kappa shape index (κ1) is 26.6. The van der Waals surface area contributed by atoms with E-state index in [9.17, 15) is 23.1 Å². The van der Waals surface area contributed by atoms with Gasteiger partial charge in [0, 0.05) is 23.3 Å². The minimum Gasteiger partial charge on any atom is -0.480 e. The zero-order valence-corrected chi connectivity index (χ0v) is 20.8. The van der Waals surface area contributed by atoms with Crippen molar-refractivity contribution in [3.05, 3.63) is 77.2 Å². The van der Waals surface area contributed by atoms with Gasteiger partial charge in [-0.15, -0.1) is 0 Å². The second kappa shape index (κ2) is 11.3. The van der Waals surface area contributed by atoms with Crippen LogP contribution in [0.15, 0.2) is 70.3 Å². The van der Waals surface area contributed by atoms with Crippen molar-refractivity contribution in [2.24, 2.45) is 11.8 Å². The van der Waals surface area contributed by atoms with Crippen LogP contribution in [0.3, 0.4) is 0 Å². The Morgan fingerprint density at radius 3 is 2.62 bits per heavy atom. The topological polar surface area (TPSA) is 88.3 Å². The first-order valence-electron chi connectivity index (χ1n) is 12.4. The Balaban J connectivity index is 1.48. The van der Waals surface area contributed by atoms with Crippen molar-refractivity contribution in [2.45, 2.75) is 58.3 Å². The molecule has 2 aromatic rings. The van der Waals surface area contributed by atoms with Crippen molar-refractivity contribution >= 4 is 11.5 Å². The van der Waals surface area contributed by atoms with Crippen LogP contribution in [0.5, 0.6) is 0 Å². The number of aliphatic carboxylic acids is 1. The molecule has 1 aromatic heterocycles. The van der Waals surface area contributed by atoms with Crippen molar-refractivity contribution in [2.75, 3.05) is 0 Å². The smallest absolute Gasteiger partial charge is 0.413 e. The number of carboxylic acid groups (broad SMARTS) is 1. The van der Waals surface area contributed by atoms with Gasteiger partial charge in [0.15, 0.2) is 0 Å². The number of benzene rings is 1. The Morgan fingerprint density at radius 2 is 1.97 bits per heavy atom. The molecule has 196 valence electrons. The maximum atomic E-state index is 14.0. The Bertz CT molecular complexity index is 1240. The second-order valence-electron chi connectivity index (χ2n) is 9.46. The predicted molar refractivity (Wildman–Crippen MR) is 134 cm³/mol. The van der Waals surface area contributed by atoms with Gasteiger partial charge < -0.3 is 14.9 Å². The average Bonchev–Trinajstić information content (AvgIpc) is 3.36. The van der Waals surface area contributed by atoms with Crippen molar-refractivity contribution < 1.29 is 27.6 Å². The Hall–Kier alpha value is -3.46. The maximum Gasteiger partial charge on any atom is 0.413 e. The van der Waals surface area contributed by atoms with Crippen LogP contribution in [0.1, 0.15) is 51.0 Å². The molecular weight excluding hydrogens is 483 g/mol. The van der Waals surface area contributed by atoms with E-state index in [-0.39, 0.29) is 29.6 Å². The normalized spacial score (nSPS) is 20.7. The molecule has 4 rings (SSSR count). The minimum atomic E-state index is -4.46. The molecule has 0 fully saturated rings. The molecule has 0 radical (unpaired) electrons. The van der Waals surface area contributed by atoms with Crippen LogP contribution in [0.4, 0.5) is 13.2 Å². The zero-order valence-electron chi connectivity index (χ0n) is 20.8. The van der Waals surface area contributed by atoms with Crippen LogP contribution in [0, 0.1) is 11.8 Å². The SMILES string of the molecule is CCCC(NCc1ccc(-c2noc(C3=CCC(C4CC=CC=C4C)C(C(F)(F)F)=C3)n2)cc1)C(=O)O. The summed E-state index contributed by atoms with van der Waals surface area (Å²) < 4.78 is 47.4. The second-order valence-corrected chi connectivity index (χ2v) is 9.46.